The maximum Gasteiger partial charge on any atom is 0.182 e. The SMILES string of the molecule is COC1CC(n2nnnc2-c2ccc(N)cc2)C1(C)C. The topological polar surface area (TPSA) is 78.8 Å². The van der Waals surface area contributed by atoms with Gasteiger partial charge in [0.2, 0.25) is 0 Å². The van der Waals surface area contributed by atoms with Crippen LogP contribution >= 0.6 is 0 Å². The standard InChI is InChI=1S/C14H19N5O/c1-14(2)11(8-12(14)20-3)19-13(16-17-18-19)9-4-6-10(15)7-5-9/h4-7,11-12H,8,15H2,1-3H3. The molecule has 1 saturated carbocycles. The van der Waals surface area contributed by atoms with Crippen molar-refractivity contribution in [2.75, 3.05) is 12.8 Å². The van der Waals surface area contributed by atoms with E-state index in [-0.39, 0.29) is 17.6 Å². The van der Waals surface area contributed by atoms with E-state index >= 15 is 0 Å². The summed E-state index contributed by atoms with van der Waals surface area (Å²) < 4.78 is 7.40. The summed E-state index contributed by atoms with van der Waals surface area (Å²) in [5, 5.41) is 12.2. The fraction of sp³-hybridized carbons (Fsp3) is 0.500. The number of benzene rings is 1. The molecule has 6 heteroatoms. The molecule has 1 aromatic carbocycles. The summed E-state index contributed by atoms with van der Waals surface area (Å²) in [5.74, 6) is 0.776. The van der Waals surface area contributed by atoms with Crippen LogP contribution in [0.5, 0.6) is 0 Å². The van der Waals surface area contributed by atoms with E-state index in [4.69, 9.17) is 10.5 Å². The number of nitrogens with zero attached hydrogens (tertiary/aromatic N) is 4. The number of anilines is 1. The third-order valence-electron chi connectivity index (χ3n) is 4.37. The van der Waals surface area contributed by atoms with Gasteiger partial charge in [0.25, 0.3) is 0 Å². The Hall–Kier alpha value is -1.95. The Labute approximate surface area is 117 Å². The van der Waals surface area contributed by atoms with Crippen LogP contribution in [-0.4, -0.2) is 33.4 Å². The minimum Gasteiger partial charge on any atom is -0.399 e. The lowest BCUT2D eigenvalue weighted by molar-refractivity contribution is -0.116. The van der Waals surface area contributed by atoms with Crippen molar-refractivity contribution in [3.63, 3.8) is 0 Å². The van der Waals surface area contributed by atoms with E-state index in [0.717, 1.165) is 23.5 Å². The Morgan fingerprint density at radius 3 is 2.60 bits per heavy atom. The number of tetrazole rings is 1. The maximum absolute atomic E-state index is 5.72. The largest absolute Gasteiger partial charge is 0.399 e. The monoisotopic (exact) mass is 273 g/mol. The van der Waals surface area contributed by atoms with Gasteiger partial charge in [0.1, 0.15) is 0 Å². The molecule has 2 unspecified atom stereocenters. The highest BCUT2D eigenvalue weighted by Crippen LogP contribution is 2.51. The summed E-state index contributed by atoms with van der Waals surface area (Å²) in [6.45, 7) is 4.37. The molecule has 0 saturated heterocycles. The van der Waals surface area contributed by atoms with Crippen LogP contribution in [0.25, 0.3) is 11.4 Å². The van der Waals surface area contributed by atoms with Crippen LogP contribution in [0, 0.1) is 5.41 Å². The summed E-state index contributed by atoms with van der Waals surface area (Å²) in [4.78, 5) is 0. The third-order valence-corrected chi connectivity index (χ3v) is 4.37. The molecule has 1 fully saturated rings. The molecule has 1 heterocycles. The van der Waals surface area contributed by atoms with Gasteiger partial charge >= 0.3 is 0 Å². The molecule has 3 rings (SSSR count). The number of nitrogen functional groups attached to an aromatic ring is 1. The average Bonchev–Trinajstić information content (AvgIpc) is 2.88. The second kappa shape index (κ2) is 4.56. The number of hydrogen-bond donors (Lipinski definition) is 1. The molecule has 2 atom stereocenters. The highest BCUT2D eigenvalue weighted by Gasteiger charge is 2.51. The second-order valence-corrected chi connectivity index (χ2v) is 5.87. The van der Waals surface area contributed by atoms with E-state index in [1.54, 1.807) is 7.11 Å². The lowest BCUT2D eigenvalue weighted by Gasteiger charge is -2.50. The first-order valence-corrected chi connectivity index (χ1v) is 6.70. The fourth-order valence-corrected chi connectivity index (χ4v) is 2.91. The van der Waals surface area contributed by atoms with Crippen LogP contribution in [-0.2, 0) is 4.74 Å². The Bertz CT molecular complexity index is 604. The van der Waals surface area contributed by atoms with Gasteiger partial charge in [-0.3, -0.25) is 0 Å². The molecule has 0 aliphatic heterocycles. The number of hydrogen-bond acceptors (Lipinski definition) is 5. The van der Waals surface area contributed by atoms with Crippen molar-refractivity contribution in [1.82, 2.24) is 20.2 Å². The highest BCUT2D eigenvalue weighted by atomic mass is 16.5. The first kappa shape index (κ1) is 13.1. The quantitative estimate of drug-likeness (QED) is 0.864. The van der Waals surface area contributed by atoms with E-state index in [9.17, 15) is 0 Å². The molecule has 6 nitrogen and oxygen atoms in total. The molecule has 1 aromatic heterocycles. The van der Waals surface area contributed by atoms with Gasteiger partial charge in [-0.2, -0.15) is 0 Å². The molecule has 0 amide bonds. The van der Waals surface area contributed by atoms with E-state index in [1.807, 2.05) is 28.9 Å². The maximum atomic E-state index is 5.72. The summed E-state index contributed by atoms with van der Waals surface area (Å²) >= 11 is 0. The summed E-state index contributed by atoms with van der Waals surface area (Å²) in [7, 11) is 1.75. The van der Waals surface area contributed by atoms with E-state index in [1.165, 1.54) is 0 Å². The third kappa shape index (κ3) is 1.87. The van der Waals surface area contributed by atoms with Gasteiger partial charge in [-0.25, -0.2) is 4.68 Å². The zero-order valence-corrected chi connectivity index (χ0v) is 11.9. The van der Waals surface area contributed by atoms with Crippen molar-refractivity contribution < 1.29 is 4.74 Å². The molecule has 2 N–H and O–H groups in total. The molecule has 0 spiro atoms. The van der Waals surface area contributed by atoms with Gasteiger partial charge in [-0.05, 0) is 41.1 Å². The summed E-state index contributed by atoms with van der Waals surface area (Å²) in [5.41, 5.74) is 7.45. The van der Waals surface area contributed by atoms with Crippen molar-refractivity contribution in [1.29, 1.82) is 0 Å². The van der Waals surface area contributed by atoms with Crippen LogP contribution in [0.3, 0.4) is 0 Å². The molecule has 0 bridgehead atoms. The lowest BCUT2D eigenvalue weighted by Crippen LogP contribution is -2.51. The summed E-state index contributed by atoms with van der Waals surface area (Å²) in [6, 6.07) is 7.85. The molecule has 0 radical (unpaired) electrons. The van der Waals surface area contributed by atoms with Crippen LogP contribution in [0.1, 0.15) is 26.3 Å². The predicted molar refractivity (Wildman–Crippen MR) is 75.9 cm³/mol. The first-order chi connectivity index (χ1) is 9.54. The molecule has 1 aliphatic carbocycles. The van der Waals surface area contributed by atoms with Gasteiger partial charge < -0.3 is 10.5 Å². The fourth-order valence-electron chi connectivity index (χ4n) is 2.91. The van der Waals surface area contributed by atoms with Crippen molar-refractivity contribution >= 4 is 5.69 Å². The smallest absolute Gasteiger partial charge is 0.182 e. The van der Waals surface area contributed by atoms with Crippen LogP contribution in [0.4, 0.5) is 5.69 Å². The lowest BCUT2D eigenvalue weighted by atomic mass is 9.64. The highest BCUT2D eigenvalue weighted by molar-refractivity contribution is 5.58. The first-order valence-electron chi connectivity index (χ1n) is 6.70. The average molecular weight is 273 g/mol. The van der Waals surface area contributed by atoms with Gasteiger partial charge in [-0.15, -0.1) is 5.10 Å². The minimum absolute atomic E-state index is 0.0205. The zero-order chi connectivity index (χ0) is 14.3. The summed E-state index contributed by atoms with van der Waals surface area (Å²) in [6.07, 6.45) is 1.17. The molecule has 2 aromatic rings. The van der Waals surface area contributed by atoms with Crippen LogP contribution in [0.15, 0.2) is 24.3 Å². The predicted octanol–water partition coefficient (Wildman–Crippen LogP) is 1.91. The zero-order valence-electron chi connectivity index (χ0n) is 11.9. The van der Waals surface area contributed by atoms with Crippen molar-refractivity contribution in [2.45, 2.75) is 32.4 Å². The number of methoxy groups -OCH3 is 1. The molecular formula is C14H19N5O. The minimum atomic E-state index is 0.0205. The second-order valence-electron chi connectivity index (χ2n) is 5.87. The van der Waals surface area contributed by atoms with Crippen LogP contribution in [0.2, 0.25) is 0 Å². The normalized spacial score (nSPS) is 24.4. The molecule has 1 aliphatic rings. The van der Waals surface area contributed by atoms with Crippen molar-refractivity contribution in [3.05, 3.63) is 24.3 Å². The van der Waals surface area contributed by atoms with Crippen molar-refractivity contribution in [3.8, 4) is 11.4 Å². The molecule has 20 heavy (non-hydrogen) atoms. The number of rotatable bonds is 3. The van der Waals surface area contributed by atoms with E-state index < -0.39 is 0 Å². The van der Waals surface area contributed by atoms with E-state index in [0.29, 0.717) is 0 Å². The van der Waals surface area contributed by atoms with Gasteiger partial charge in [0.15, 0.2) is 5.82 Å². The van der Waals surface area contributed by atoms with Crippen LogP contribution < -0.4 is 5.73 Å². The number of ether oxygens (including phenoxy) is 1. The Morgan fingerprint density at radius 1 is 1.30 bits per heavy atom. The molecule has 106 valence electrons. The Kier molecular flexibility index (Phi) is 2.97. The Balaban J connectivity index is 1.94. The van der Waals surface area contributed by atoms with Gasteiger partial charge in [0.05, 0.1) is 12.1 Å². The number of aromatic nitrogens is 4. The molecular weight excluding hydrogens is 254 g/mol. The Morgan fingerprint density at radius 2 is 2.00 bits per heavy atom. The van der Waals surface area contributed by atoms with Crippen molar-refractivity contribution in [2.24, 2.45) is 5.41 Å². The van der Waals surface area contributed by atoms with Gasteiger partial charge in [-0.1, -0.05) is 13.8 Å². The van der Waals surface area contributed by atoms with Gasteiger partial charge in [0, 0.05) is 23.8 Å². The van der Waals surface area contributed by atoms with E-state index in [2.05, 4.69) is 29.4 Å². The number of nitrogens with two attached hydrogens (primary N) is 1.